The third-order valence-corrected chi connectivity index (χ3v) is 2.65. The van der Waals surface area contributed by atoms with Gasteiger partial charge in [0.15, 0.2) is 0 Å². The SMILES string of the molecule is COc1cccc(-c2c(F)cc(C(=O)O)cc2F)c1. The number of benzene rings is 2. The molecular weight excluding hydrogens is 254 g/mol. The number of rotatable bonds is 3. The third-order valence-electron chi connectivity index (χ3n) is 2.65. The zero-order valence-corrected chi connectivity index (χ0v) is 9.98. The number of aromatic carboxylic acids is 1. The quantitative estimate of drug-likeness (QED) is 0.924. The summed E-state index contributed by atoms with van der Waals surface area (Å²) in [6.07, 6.45) is 0. The molecule has 0 radical (unpaired) electrons. The molecule has 0 unspecified atom stereocenters. The number of hydrogen-bond donors (Lipinski definition) is 1. The first kappa shape index (κ1) is 13.0. The van der Waals surface area contributed by atoms with Crippen molar-refractivity contribution in [2.75, 3.05) is 7.11 Å². The van der Waals surface area contributed by atoms with Crippen molar-refractivity contribution < 1.29 is 23.4 Å². The van der Waals surface area contributed by atoms with Crippen LogP contribution in [0.15, 0.2) is 36.4 Å². The van der Waals surface area contributed by atoms with Gasteiger partial charge in [-0.2, -0.15) is 0 Å². The molecule has 98 valence electrons. The molecule has 19 heavy (non-hydrogen) atoms. The number of methoxy groups -OCH3 is 1. The highest BCUT2D eigenvalue weighted by Gasteiger charge is 2.16. The summed E-state index contributed by atoms with van der Waals surface area (Å²) < 4.78 is 32.7. The van der Waals surface area contributed by atoms with Crippen LogP contribution in [0.4, 0.5) is 8.78 Å². The van der Waals surface area contributed by atoms with Gasteiger partial charge in [-0.15, -0.1) is 0 Å². The van der Waals surface area contributed by atoms with Crippen LogP contribution < -0.4 is 4.74 Å². The number of carboxylic acid groups (broad SMARTS) is 1. The lowest BCUT2D eigenvalue weighted by molar-refractivity contribution is 0.0696. The number of halogens is 2. The van der Waals surface area contributed by atoms with Crippen molar-refractivity contribution in [1.29, 1.82) is 0 Å². The lowest BCUT2D eigenvalue weighted by Gasteiger charge is -2.08. The summed E-state index contributed by atoms with van der Waals surface area (Å²) in [6, 6.07) is 7.82. The van der Waals surface area contributed by atoms with Gasteiger partial charge in [0.2, 0.25) is 0 Å². The minimum atomic E-state index is -1.38. The minimum Gasteiger partial charge on any atom is -0.497 e. The smallest absolute Gasteiger partial charge is 0.335 e. The van der Waals surface area contributed by atoms with E-state index in [1.165, 1.54) is 19.2 Å². The maximum atomic E-state index is 13.8. The van der Waals surface area contributed by atoms with Gasteiger partial charge in [0.1, 0.15) is 17.4 Å². The van der Waals surface area contributed by atoms with E-state index >= 15 is 0 Å². The molecule has 5 heteroatoms. The zero-order chi connectivity index (χ0) is 14.0. The Balaban J connectivity index is 2.59. The van der Waals surface area contributed by atoms with E-state index in [0.29, 0.717) is 5.75 Å². The predicted octanol–water partition coefficient (Wildman–Crippen LogP) is 3.34. The summed E-state index contributed by atoms with van der Waals surface area (Å²) in [4.78, 5) is 10.7. The van der Waals surface area contributed by atoms with E-state index in [1.807, 2.05) is 0 Å². The molecular formula is C14H10F2O3. The van der Waals surface area contributed by atoms with E-state index in [-0.39, 0.29) is 11.1 Å². The van der Waals surface area contributed by atoms with E-state index < -0.39 is 23.2 Å². The number of carboxylic acids is 1. The van der Waals surface area contributed by atoms with Crippen molar-refractivity contribution in [3.05, 3.63) is 53.6 Å². The van der Waals surface area contributed by atoms with Crippen LogP contribution in [0.5, 0.6) is 5.75 Å². The topological polar surface area (TPSA) is 46.5 Å². The Kier molecular flexibility index (Phi) is 3.46. The maximum Gasteiger partial charge on any atom is 0.335 e. The van der Waals surface area contributed by atoms with Crippen molar-refractivity contribution in [3.8, 4) is 16.9 Å². The Morgan fingerprint density at radius 2 is 1.79 bits per heavy atom. The van der Waals surface area contributed by atoms with E-state index in [1.54, 1.807) is 12.1 Å². The van der Waals surface area contributed by atoms with Gasteiger partial charge in [-0.1, -0.05) is 12.1 Å². The zero-order valence-electron chi connectivity index (χ0n) is 9.98. The summed E-state index contributed by atoms with van der Waals surface area (Å²) in [6.45, 7) is 0. The van der Waals surface area contributed by atoms with Gasteiger partial charge in [0.25, 0.3) is 0 Å². The second-order valence-corrected chi connectivity index (χ2v) is 3.85. The largest absolute Gasteiger partial charge is 0.497 e. The molecule has 2 aromatic carbocycles. The minimum absolute atomic E-state index is 0.274. The van der Waals surface area contributed by atoms with Crippen LogP contribution in [0.2, 0.25) is 0 Å². The van der Waals surface area contributed by atoms with E-state index in [9.17, 15) is 13.6 Å². The molecule has 0 amide bonds. The molecule has 0 bridgehead atoms. The van der Waals surface area contributed by atoms with Crippen LogP contribution in [-0.2, 0) is 0 Å². The summed E-state index contributed by atoms with van der Waals surface area (Å²) in [5.41, 5.74) is -0.420. The normalized spacial score (nSPS) is 10.3. The molecule has 0 saturated heterocycles. The predicted molar refractivity (Wildman–Crippen MR) is 65.3 cm³/mol. The molecule has 0 aliphatic rings. The number of carbonyl (C=O) groups is 1. The molecule has 0 aromatic heterocycles. The molecule has 2 rings (SSSR count). The Morgan fingerprint density at radius 3 is 2.32 bits per heavy atom. The fourth-order valence-electron chi connectivity index (χ4n) is 1.75. The molecule has 2 aromatic rings. The molecule has 0 saturated carbocycles. The summed E-state index contributed by atoms with van der Waals surface area (Å²) in [7, 11) is 1.44. The second kappa shape index (κ2) is 5.06. The fourth-order valence-corrected chi connectivity index (χ4v) is 1.75. The summed E-state index contributed by atoms with van der Waals surface area (Å²) >= 11 is 0. The van der Waals surface area contributed by atoms with Crippen molar-refractivity contribution in [3.63, 3.8) is 0 Å². The standard InChI is InChI=1S/C14H10F2O3/c1-19-10-4-2-3-8(5-10)13-11(15)6-9(14(17)18)7-12(13)16/h2-7H,1H3,(H,17,18). The second-order valence-electron chi connectivity index (χ2n) is 3.85. The average Bonchev–Trinajstić information content (AvgIpc) is 2.38. The van der Waals surface area contributed by atoms with Crippen LogP contribution in [0.25, 0.3) is 11.1 Å². The fraction of sp³-hybridized carbons (Fsp3) is 0.0714. The Labute approximate surface area is 108 Å². The van der Waals surface area contributed by atoms with Gasteiger partial charge < -0.3 is 9.84 Å². The van der Waals surface area contributed by atoms with Crippen LogP contribution in [0.3, 0.4) is 0 Å². The van der Waals surface area contributed by atoms with E-state index in [4.69, 9.17) is 9.84 Å². The van der Waals surface area contributed by atoms with Gasteiger partial charge in [-0.25, -0.2) is 13.6 Å². The molecule has 1 N–H and O–H groups in total. The van der Waals surface area contributed by atoms with Gasteiger partial charge in [-0.05, 0) is 29.8 Å². The average molecular weight is 264 g/mol. The lowest BCUT2D eigenvalue weighted by atomic mass is 10.0. The summed E-state index contributed by atoms with van der Waals surface area (Å²) in [5.74, 6) is -2.77. The molecule has 0 atom stereocenters. The van der Waals surface area contributed by atoms with Crippen molar-refractivity contribution in [1.82, 2.24) is 0 Å². The molecule has 0 aliphatic heterocycles. The van der Waals surface area contributed by atoms with Gasteiger partial charge in [-0.3, -0.25) is 0 Å². The van der Waals surface area contributed by atoms with Crippen molar-refractivity contribution >= 4 is 5.97 Å². The molecule has 0 fully saturated rings. The maximum absolute atomic E-state index is 13.8. The lowest BCUT2D eigenvalue weighted by Crippen LogP contribution is -2.00. The first-order valence-electron chi connectivity index (χ1n) is 5.39. The Bertz CT molecular complexity index is 615. The Morgan fingerprint density at radius 1 is 1.16 bits per heavy atom. The van der Waals surface area contributed by atoms with Crippen LogP contribution in [0.1, 0.15) is 10.4 Å². The third kappa shape index (κ3) is 2.54. The monoisotopic (exact) mass is 264 g/mol. The van der Waals surface area contributed by atoms with E-state index in [2.05, 4.69) is 0 Å². The highest BCUT2D eigenvalue weighted by molar-refractivity contribution is 5.88. The van der Waals surface area contributed by atoms with Gasteiger partial charge in [0, 0.05) is 0 Å². The molecule has 0 spiro atoms. The molecule has 0 aliphatic carbocycles. The highest BCUT2D eigenvalue weighted by Crippen LogP contribution is 2.29. The summed E-state index contributed by atoms with van der Waals surface area (Å²) in [5, 5.41) is 8.72. The van der Waals surface area contributed by atoms with E-state index in [0.717, 1.165) is 12.1 Å². The van der Waals surface area contributed by atoms with Crippen molar-refractivity contribution in [2.24, 2.45) is 0 Å². The van der Waals surface area contributed by atoms with Crippen molar-refractivity contribution in [2.45, 2.75) is 0 Å². The number of ether oxygens (including phenoxy) is 1. The Hall–Kier alpha value is -2.43. The molecule has 0 heterocycles. The van der Waals surface area contributed by atoms with Gasteiger partial charge in [0.05, 0.1) is 18.2 Å². The first-order valence-corrected chi connectivity index (χ1v) is 5.39. The number of hydrogen-bond acceptors (Lipinski definition) is 2. The first-order chi connectivity index (χ1) is 9.02. The molecule has 3 nitrogen and oxygen atoms in total. The van der Waals surface area contributed by atoms with Crippen LogP contribution >= 0.6 is 0 Å². The highest BCUT2D eigenvalue weighted by atomic mass is 19.1. The van der Waals surface area contributed by atoms with Crippen LogP contribution in [-0.4, -0.2) is 18.2 Å². The van der Waals surface area contributed by atoms with Crippen LogP contribution in [0, 0.1) is 11.6 Å². The van der Waals surface area contributed by atoms with Gasteiger partial charge >= 0.3 is 5.97 Å².